The molecule has 0 aliphatic heterocycles. The largest absolute Gasteiger partial charge is 0.384 e. The maximum atomic E-state index is 5.74. The number of hydrogen-bond acceptors (Lipinski definition) is 6. The molecule has 0 bridgehead atoms. The first kappa shape index (κ1) is 15.7. The molecule has 1 aromatic heterocycles. The summed E-state index contributed by atoms with van der Waals surface area (Å²) in [5.74, 6) is 1.82. The predicted molar refractivity (Wildman–Crippen MR) is 78.1 cm³/mol. The van der Waals surface area contributed by atoms with Crippen molar-refractivity contribution in [2.24, 2.45) is 0 Å². The highest BCUT2D eigenvalue weighted by molar-refractivity contribution is 5.44. The van der Waals surface area contributed by atoms with Crippen LogP contribution < -0.4 is 11.1 Å². The number of ether oxygens (including phenoxy) is 1. The molecule has 0 unspecified atom stereocenters. The molecule has 1 rings (SSSR count). The summed E-state index contributed by atoms with van der Waals surface area (Å²) in [4.78, 5) is 10.8. The Balaban J connectivity index is 2.48. The monoisotopic (exact) mass is 267 g/mol. The summed E-state index contributed by atoms with van der Waals surface area (Å²) in [6.07, 6.45) is 1.17. The number of nitrogens with one attached hydrogen (secondary N) is 1. The molecule has 6 nitrogen and oxygen atoms in total. The lowest BCUT2D eigenvalue weighted by Crippen LogP contribution is -2.29. The Hall–Kier alpha value is -1.40. The third-order valence-corrected chi connectivity index (χ3v) is 2.79. The fourth-order valence-electron chi connectivity index (χ4n) is 1.89. The molecule has 0 saturated carbocycles. The molecule has 0 saturated heterocycles. The molecule has 0 aliphatic rings. The Labute approximate surface area is 115 Å². The van der Waals surface area contributed by atoms with Crippen molar-refractivity contribution < 1.29 is 4.74 Å². The van der Waals surface area contributed by atoms with E-state index in [1.165, 1.54) is 6.42 Å². The SMILES string of the molecule is CCCN(CC)CCNc1cc(N)nc(COC)n1. The number of aromatic nitrogens is 2. The molecule has 0 spiro atoms. The van der Waals surface area contributed by atoms with Gasteiger partial charge in [0.15, 0.2) is 5.82 Å². The van der Waals surface area contributed by atoms with Gasteiger partial charge < -0.3 is 20.7 Å². The Kier molecular flexibility index (Phi) is 7.14. The Morgan fingerprint density at radius 2 is 2.11 bits per heavy atom. The second kappa shape index (κ2) is 8.66. The summed E-state index contributed by atoms with van der Waals surface area (Å²) in [6, 6.07) is 1.75. The van der Waals surface area contributed by atoms with E-state index in [1.54, 1.807) is 13.2 Å². The lowest BCUT2D eigenvalue weighted by atomic mass is 10.4. The molecular weight excluding hydrogens is 242 g/mol. The number of hydrogen-bond donors (Lipinski definition) is 2. The van der Waals surface area contributed by atoms with Gasteiger partial charge in [-0.1, -0.05) is 13.8 Å². The average Bonchev–Trinajstić information content (AvgIpc) is 2.37. The van der Waals surface area contributed by atoms with E-state index in [-0.39, 0.29) is 0 Å². The number of methoxy groups -OCH3 is 1. The molecule has 6 heteroatoms. The average molecular weight is 267 g/mol. The molecule has 108 valence electrons. The van der Waals surface area contributed by atoms with E-state index >= 15 is 0 Å². The molecule has 19 heavy (non-hydrogen) atoms. The van der Waals surface area contributed by atoms with Gasteiger partial charge in [-0.25, -0.2) is 9.97 Å². The van der Waals surface area contributed by atoms with Crippen molar-refractivity contribution in [3.05, 3.63) is 11.9 Å². The van der Waals surface area contributed by atoms with E-state index in [1.807, 2.05) is 0 Å². The van der Waals surface area contributed by atoms with Crippen LogP contribution in [-0.4, -0.2) is 48.2 Å². The topological polar surface area (TPSA) is 76.3 Å². The second-order valence-electron chi connectivity index (χ2n) is 4.39. The van der Waals surface area contributed by atoms with E-state index in [0.717, 1.165) is 32.0 Å². The molecule has 0 atom stereocenters. The maximum absolute atomic E-state index is 5.74. The summed E-state index contributed by atoms with van der Waals surface area (Å²) < 4.78 is 5.01. The van der Waals surface area contributed by atoms with Gasteiger partial charge >= 0.3 is 0 Å². The molecule has 1 heterocycles. The van der Waals surface area contributed by atoms with Gasteiger partial charge in [-0.2, -0.15) is 0 Å². The Bertz CT molecular complexity index is 372. The van der Waals surface area contributed by atoms with Gasteiger partial charge in [0, 0.05) is 26.3 Å². The van der Waals surface area contributed by atoms with Crippen molar-refractivity contribution >= 4 is 11.6 Å². The number of anilines is 2. The molecule has 0 radical (unpaired) electrons. The fourth-order valence-corrected chi connectivity index (χ4v) is 1.89. The zero-order valence-electron chi connectivity index (χ0n) is 12.1. The van der Waals surface area contributed by atoms with Crippen molar-refractivity contribution in [2.45, 2.75) is 26.9 Å². The van der Waals surface area contributed by atoms with Gasteiger partial charge in [-0.3, -0.25) is 0 Å². The summed E-state index contributed by atoms with van der Waals surface area (Å²) in [5.41, 5.74) is 5.74. The first-order valence-electron chi connectivity index (χ1n) is 6.78. The van der Waals surface area contributed by atoms with E-state index in [9.17, 15) is 0 Å². The summed E-state index contributed by atoms with van der Waals surface area (Å²) in [6.45, 7) is 8.77. The number of rotatable bonds is 9. The third-order valence-electron chi connectivity index (χ3n) is 2.79. The van der Waals surface area contributed by atoms with E-state index in [2.05, 4.69) is 34.0 Å². The van der Waals surface area contributed by atoms with Crippen LogP contribution in [0.15, 0.2) is 6.07 Å². The minimum atomic E-state index is 0.372. The van der Waals surface area contributed by atoms with Crippen LogP contribution in [-0.2, 0) is 11.3 Å². The Morgan fingerprint density at radius 1 is 1.32 bits per heavy atom. The summed E-state index contributed by atoms with van der Waals surface area (Å²) in [7, 11) is 1.61. The van der Waals surface area contributed by atoms with Crippen LogP contribution in [0, 0.1) is 0 Å². The highest BCUT2D eigenvalue weighted by Gasteiger charge is 2.04. The van der Waals surface area contributed by atoms with Crippen LogP contribution in [0.3, 0.4) is 0 Å². The van der Waals surface area contributed by atoms with Crippen LogP contribution in [0.1, 0.15) is 26.1 Å². The van der Waals surface area contributed by atoms with Gasteiger partial charge in [-0.05, 0) is 19.5 Å². The molecule has 0 amide bonds. The quantitative estimate of drug-likeness (QED) is 0.703. The summed E-state index contributed by atoms with van der Waals surface area (Å²) in [5, 5.41) is 3.28. The zero-order chi connectivity index (χ0) is 14.1. The smallest absolute Gasteiger partial charge is 0.158 e. The van der Waals surface area contributed by atoms with Crippen LogP contribution >= 0.6 is 0 Å². The van der Waals surface area contributed by atoms with Crippen molar-refractivity contribution in [2.75, 3.05) is 44.3 Å². The number of nitrogen functional groups attached to an aromatic ring is 1. The number of likely N-dealkylation sites (N-methyl/N-ethyl adjacent to an activating group) is 1. The van der Waals surface area contributed by atoms with Gasteiger partial charge in [0.25, 0.3) is 0 Å². The third kappa shape index (κ3) is 5.85. The molecule has 0 fully saturated rings. The van der Waals surface area contributed by atoms with Crippen molar-refractivity contribution in [1.82, 2.24) is 14.9 Å². The van der Waals surface area contributed by atoms with E-state index in [4.69, 9.17) is 10.5 Å². The molecule has 1 aromatic rings. The minimum absolute atomic E-state index is 0.372. The minimum Gasteiger partial charge on any atom is -0.384 e. The van der Waals surface area contributed by atoms with E-state index in [0.29, 0.717) is 18.2 Å². The molecule has 0 aromatic carbocycles. The van der Waals surface area contributed by atoms with Gasteiger partial charge in [0.2, 0.25) is 0 Å². The van der Waals surface area contributed by atoms with Gasteiger partial charge in [0.05, 0.1) is 0 Å². The zero-order valence-corrected chi connectivity index (χ0v) is 12.1. The first-order valence-corrected chi connectivity index (χ1v) is 6.78. The van der Waals surface area contributed by atoms with Crippen LogP contribution in [0.25, 0.3) is 0 Å². The van der Waals surface area contributed by atoms with Gasteiger partial charge in [0.1, 0.15) is 18.2 Å². The second-order valence-corrected chi connectivity index (χ2v) is 4.39. The van der Waals surface area contributed by atoms with Crippen LogP contribution in [0.4, 0.5) is 11.6 Å². The molecule has 3 N–H and O–H groups in total. The number of nitrogens with zero attached hydrogens (tertiary/aromatic N) is 3. The lowest BCUT2D eigenvalue weighted by Gasteiger charge is -2.19. The maximum Gasteiger partial charge on any atom is 0.158 e. The fraction of sp³-hybridized carbons (Fsp3) is 0.692. The normalized spacial score (nSPS) is 10.9. The molecular formula is C13H25N5O. The van der Waals surface area contributed by atoms with Crippen molar-refractivity contribution in [3.63, 3.8) is 0 Å². The van der Waals surface area contributed by atoms with Crippen molar-refractivity contribution in [3.8, 4) is 0 Å². The predicted octanol–water partition coefficient (Wildman–Crippen LogP) is 1.35. The standard InChI is InChI=1S/C13H25N5O/c1-4-7-18(5-2)8-6-15-12-9-11(14)16-13(17-12)10-19-3/h9H,4-8,10H2,1-3H3,(H3,14,15,16,17). The summed E-state index contributed by atoms with van der Waals surface area (Å²) >= 11 is 0. The van der Waals surface area contributed by atoms with Crippen molar-refractivity contribution in [1.29, 1.82) is 0 Å². The van der Waals surface area contributed by atoms with Crippen LogP contribution in [0.2, 0.25) is 0 Å². The Morgan fingerprint density at radius 3 is 2.74 bits per heavy atom. The first-order chi connectivity index (χ1) is 9.19. The lowest BCUT2D eigenvalue weighted by molar-refractivity contribution is 0.178. The van der Waals surface area contributed by atoms with Gasteiger partial charge in [-0.15, -0.1) is 0 Å². The highest BCUT2D eigenvalue weighted by Crippen LogP contribution is 2.08. The highest BCUT2D eigenvalue weighted by atomic mass is 16.5. The molecule has 0 aliphatic carbocycles. The number of nitrogens with two attached hydrogens (primary N) is 1. The van der Waals surface area contributed by atoms with Crippen LogP contribution in [0.5, 0.6) is 0 Å². The van der Waals surface area contributed by atoms with E-state index < -0.39 is 0 Å².